The Balaban J connectivity index is 1.41. The number of anilines is 2. The zero-order valence-electron chi connectivity index (χ0n) is 21.5. The summed E-state index contributed by atoms with van der Waals surface area (Å²) >= 11 is 6.49. The first-order valence-electron chi connectivity index (χ1n) is 13.0. The van der Waals surface area contributed by atoms with Gasteiger partial charge in [0, 0.05) is 68.5 Å². The molecule has 0 amide bonds. The van der Waals surface area contributed by atoms with E-state index in [1.54, 1.807) is 19.4 Å². The second-order valence-corrected chi connectivity index (χ2v) is 10.6. The van der Waals surface area contributed by atoms with Crippen molar-refractivity contribution in [1.29, 1.82) is 5.26 Å². The summed E-state index contributed by atoms with van der Waals surface area (Å²) in [5, 5.41) is 20.4. The third-order valence-electron chi connectivity index (χ3n) is 7.33. The molecule has 0 bridgehead atoms. The van der Waals surface area contributed by atoms with E-state index in [1.807, 2.05) is 6.07 Å². The lowest BCUT2D eigenvalue weighted by Gasteiger charge is -2.32. The lowest BCUT2D eigenvalue weighted by Crippen LogP contribution is -2.42. The predicted molar refractivity (Wildman–Crippen MR) is 143 cm³/mol. The number of methoxy groups -OCH3 is 1. The van der Waals surface area contributed by atoms with Crippen LogP contribution in [-0.4, -0.2) is 61.6 Å². The number of rotatable bonds is 10. The van der Waals surface area contributed by atoms with Crippen molar-refractivity contribution in [3.8, 4) is 17.2 Å². The molecule has 0 unspecified atom stereocenters. The van der Waals surface area contributed by atoms with Gasteiger partial charge in [0.25, 0.3) is 0 Å². The first-order valence-corrected chi connectivity index (χ1v) is 13.3. The molecule has 1 atom stereocenters. The maximum absolute atomic E-state index is 14.6. The second-order valence-electron chi connectivity index (χ2n) is 10.2. The summed E-state index contributed by atoms with van der Waals surface area (Å²) in [4.78, 5) is 8.42. The van der Waals surface area contributed by atoms with E-state index in [0.717, 1.165) is 37.1 Å². The highest BCUT2D eigenvalue weighted by molar-refractivity contribution is 6.33. The van der Waals surface area contributed by atoms with Gasteiger partial charge in [-0.1, -0.05) is 11.6 Å². The highest BCUT2D eigenvalue weighted by Crippen LogP contribution is 2.34. The Hall–Kier alpha value is -2.51. The van der Waals surface area contributed by atoms with Gasteiger partial charge in [0.15, 0.2) is 0 Å². The molecule has 2 aromatic heterocycles. The van der Waals surface area contributed by atoms with Gasteiger partial charge < -0.3 is 25.4 Å². The summed E-state index contributed by atoms with van der Waals surface area (Å²) in [5.41, 5.74) is 1.06. The molecule has 3 N–H and O–H groups in total. The zero-order valence-corrected chi connectivity index (χ0v) is 22.3. The van der Waals surface area contributed by atoms with Crippen molar-refractivity contribution in [1.82, 2.24) is 15.3 Å². The maximum Gasteiger partial charge on any atom is 0.236 e. The summed E-state index contributed by atoms with van der Waals surface area (Å²) in [5.74, 6) is 0.116. The molecule has 8 nitrogen and oxygen atoms in total. The number of pyridine rings is 2. The summed E-state index contributed by atoms with van der Waals surface area (Å²) in [6.07, 6.45) is 8.55. The minimum absolute atomic E-state index is 0.245. The Kier molecular flexibility index (Phi) is 9.54. The minimum atomic E-state index is -0.613. The predicted octanol–water partition coefficient (Wildman–Crippen LogP) is 5.02. The molecule has 3 heterocycles. The van der Waals surface area contributed by atoms with E-state index in [2.05, 4.69) is 38.9 Å². The third kappa shape index (κ3) is 7.29. The van der Waals surface area contributed by atoms with Crippen LogP contribution in [0, 0.1) is 22.7 Å². The summed E-state index contributed by atoms with van der Waals surface area (Å²) < 4.78 is 25.2. The molecular weight excluding hydrogens is 495 g/mol. The Morgan fingerprint density at radius 1 is 1.19 bits per heavy atom. The van der Waals surface area contributed by atoms with E-state index >= 15 is 0 Å². The summed E-state index contributed by atoms with van der Waals surface area (Å²) in [7, 11) is 1.73. The number of halogens is 2. The Bertz CT molecular complexity index is 1080. The van der Waals surface area contributed by atoms with Crippen molar-refractivity contribution >= 4 is 23.1 Å². The lowest BCUT2D eigenvalue weighted by atomic mass is 9.81. The molecule has 37 heavy (non-hydrogen) atoms. The monoisotopic (exact) mass is 530 g/mol. The molecule has 2 aliphatic rings. The molecule has 1 saturated carbocycles. The van der Waals surface area contributed by atoms with E-state index in [9.17, 15) is 9.65 Å². The van der Waals surface area contributed by atoms with E-state index in [1.165, 1.54) is 6.20 Å². The first kappa shape index (κ1) is 27.5. The third-order valence-corrected chi connectivity index (χ3v) is 7.63. The van der Waals surface area contributed by atoms with Crippen LogP contribution >= 0.6 is 11.6 Å². The molecule has 200 valence electrons. The van der Waals surface area contributed by atoms with E-state index in [4.69, 9.17) is 21.1 Å². The number of aromatic nitrogens is 2. The van der Waals surface area contributed by atoms with Crippen molar-refractivity contribution in [2.45, 2.75) is 63.6 Å². The van der Waals surface area contributed by atoms with Crippen molar-refractivity contribution in [3.05, 3.63) is 35.5 Å². The van der Waals surface area contributed by atoms with Crippen LogP contribution in [0.2, 0.25) is 5.02 Å². The van der Waals surface area contributed by atoms with Crippen molar-refractivity contribution in [3.63, 3.8) is 0 Å². The van der Waals surface area contributed by atoms with Crippen LogP contribution in [0.5, 0.6) is 0 Å². The standard InChI is InChI=1S/C27H36ClFN6O2/c1-18(15-36-2)34-20-3-5-21(6-4-20)35-25-12-22(23(28)14-31-25)19-11-24(26(29)32-13-19)33-17-27(16-30)7-9-37-10-8-27/h11-14,18,20-21,33-34H,3-10,15,17H2,1-2H3,(H,31,35)/t18-,20-,21-/m0/s1. The molecule has 0 radical (unpaired) electrons. The molecule has 1 saturated heterocycles. The first-order chi connectivity index (χ1) is 17.9. The molecule has 1 aliphatic carbocycles. The Labute approximate surface area is 223 Å². The molecule has 1 aliphatic heterocycles. The zero-order chi connectivity index (χ0) is 26.3. The van der Waals surface area contributed by atoms with Crippen LogP contribution in [0.4, 0.5) is 15.9 Å². The quantitative estimate of drug-likeness (QED) is 0.368. The van der Waals surface area contributed by atoms with Gasteiger partial charge in [-0.25, -0.2) is 9.97 Å². The molecule has 0 aromatic carbocycles. The van der Waals surface area contributed by atoms with Gasteiger partial charge in [-0.15, -0.1) is 0 Å². The fourth-order valence-electron chi connectivity index (χ4n) is 5.13. The minimum Gasteiger partial charge on any atom is -0.383 e. The molecule has 0 spiro atoms. The number of hydrogen-bond acceptors (Lipinski definition) is 8. The fourth-order valence-corrected chi connectivity index (χ4v) is 5.34. The number of nitrogens with zero attached hydrogens (tertiary/aromatic N) is 3. The molecule has 2 fully saturated rings. The molecule has 10 heteroatoms. The average Bonchev–Trinajstić information content (AvgIpc) is 2.91. The summed E-state index contributed by atoms with van der Waals surface area (Å²) in [6.45, 7) is 4.24. The molecule has 2 aromatic rings. The Morgan fingerprint density at radius 2 is 1.92 bits per heavy atom. The fraction of sp³-hybridized carbons (Fsp3) is 0.593. The highest BCUT2D eigenvalue weighted by atomic mass is 35.5. The number of ether oxygens (including phenoxy) is 2. The van der Waals surface area contributed by atoms with Crippen LogP contribution in [0.15, 0.2) is 24.5 Å². The van der Waals surface area contributed by atoms with Crippen molar-refractivity contribution in [2.75, 3.05) is 44.1 Å². The Morgan fingerprint density at radius 3 is 2.62 bits per heavy atom. The number of hydrogen-bond donors (Lipinski definition) is 3. The van der Waals surface area contributed by atoms with Crippen LogP contribution in [0.1, 0.15) is 45.4 Å². The van der Waals surface area contributed by atoms with Gasteiger partial charge in [0.05, 0.1) is 28.8 Å². The van der Waals surface area contributed by atoms with E-state index in [-0.39, 0.29) is 5.69 Å². The van der Waals surface area contributed by atoms with E-state index < -0.39 is 11.4 Å². The van der Waals surface area contributed by atoms with Gasteiger partial charge in [-0.3, -0.25) is 0 Å². The SMILES string of the molecule is COC[C@H](C)N[C@H]1CC[C@H](Nc2cc(-c3cnc(F)c(NCC4(C#N)CCOCC4)c3)c(Cl)cn2)CC1. The second kappa shape index (κ2) is 12.8. The smallest absolute Gasteiger partial charge is 0.236 e. The van der Waals surface area contributed by atoms with Gasteiger partial charge in [-0.05, 0) is 57.6 Å². The number of nitrogens with one attached hydrogen (secondary N) is 3. The highest BCUT2D eigenvalue weighted by Gasteiger charge is 2.33. The van der Waals surface area contributed by atoms with Gasteiger partial charge in [0.2, 0.25) is 5.95 Å². The largest absolute Gasteiger partial charge is 0.383 e. The average molecular weight is 531 g/mol. The van der Waals surface area contributed by atoms with E-state index in [0.29, 0.717) is 67.9 Å². The van der Waals surface area contributed by atoms with Gasteiger partial charge in [-0.2, -0.15) is 9.65 Å². The van der Waals surface area contributed by atoms with Gasteiger partial charge >= 0.3 is 0 Å². The maximum atomic E-state index is 14.6. The van der Waals surface area contributed by atoms with Crippen LogP contribution < -0.4 is 16.0 Å². The normalized spacial score (nSPS) is 22.1. The number of nitriles is 1. The summed E-state index contributed by atoms with van der Waals surface area (Å²) in [6, 6.07) is 7.13. The van der Waals surface area contributed by atoms with Gasteiger partial charge in [0.1, 0.15) is 5.82 Å². The van der Waals surface area contributed by atoms with Crippen LogP contribution in [0.3, 0.4) is 0 Å². The van der Waals surface area contributed by atoms with Crippen LogP contribution in [0.25, 0.3) is 11.1 Å². The van der Waals surface area contributed by atoms with Crippen LogP contribution in [-0.2, 0) is 9.47 Å². The lowest BCUT2D eigenvalue weighted by molar-refractivity contribution is 0.0456. The molecular formula is C27H36ClFN6O2. The van der Waals surface area contributed by atoms with Crippen molar-refractivity contribution < 1.29 is 13.9 Å². The van der Waals surface area contributed by atoms with Crippen molar-refractivity contribution in [2.24, 2.45) is 5.41 Å². The topological polar surface area (TPSA) is 104 Å². The molecule has 4 rings (SSSR count).